The van der Waals surface area contributed by atoms with Crippen molar-refractivity contribution in [2.45, 2.75) is 13.1 Å². The quantitative estimate of drug-likeness (QED) is 0.641. The molecule has 142 valence electrons. The monoisotopic (exact) mass is 370 g/mol. The first kappa shape index (κ1) is 18.6. The molecule has 0 aliphatic carbocycles. The van der Waals surface area contributed by atoms with E-state index in [0.29, 0.717) is 37.1 Å². The van der Waals surface area contributed by atoms with E-state index < -0.39 is 0 Å². The highest BCUT2D eigenvalue weighted by Gasteiger charge is 2.13. The van der Waals surface area contributed by atoms with E-state index in [4.69, 9.17) is 9.47 Å². The zero-order valence-electron chi connectivity index (χ0n) is 15.5. The van der Waals surface area contributed by atoms with Crippen LogP contribution in [0.2, 0.25) is 0 Å². The Morgan fingerprint density at radius 2 is 2.15 bits per heavy atom. The molecule has 0 unspecified atom stereocenters. The number of methoxy groups -OCH3 is 2. The summed E-state index contributed by atoms with van der Waals surface area (Å²) in [5, 5.41) is 7.22. The second-order valence-corrected chi connectivity index (χ2v) is 5.88. The third kappa shape index (κ3) is 4.32. The van der Waals surface area contributed by atoms with Crippen LogP contribution in [0.25, 0.3) is 11.4 Å². The van der Waals surface area contributed by atoms with Crippen LogP contribution >= 0.6 is 0 Å². The van der Waals surface area contributed by atoms with Crippen molar-refractivity contribution in [3.63, 3.8) is 0 Å². The zero-order valence-corrected chi connectivity index (χ0v) is 15.5. The molecule has 0 fully saturated rings. The van der Waals surface area contributed by atoms with Gasteiger partial charge in [-0.2, -0.15) is 4.98 Å². The fraction of sp³-hybridized carbons (Fsp3) is 0.333. The van der Waals surface area contributed by atoms with Gasteiger partial charge in [0, 0.05) is 38.0 Å². The SMILES string of the molecule is COCCn1cncc1CNC(=O)c1cccc(-c2nc(OC)n(C)n2)c1. The topological polar surface area (TPSA) is 96.1 Å². The first-order valence-electron chi connectivity index (χ1n) is 8.44. The number of hydrogen-bond donors (Lipinski definition) is 1. The maximum absolute atomic E-state index is 12.5. The van der Waals surface area contributed by atoms with Crippen LogP contribution in [0.3, 0.4) is 0 Å². The molecule has 0 atom stereocenters. The summed E-state index contributed by atoms with van der Waals surface area (Å²) >= 11 is 0. The van der Waals surface area contributed by atoms with E-state index >= 15 is 0 Å². The van der Waals surface area contributed by atoms with Gasteiger partial charge in [0.05, 0.1) is 32.3 Å². The second kappa shape index (κ2) is 8.45. The number of ether oxygens (including phenoxy) is 2. The van der Waals surface area contributed by atoms with Gasteiger partial charge >= 0.3 is 6.01 Å². The summed E-state index contributed by atoms with van der Waals surface area (Å²) in [4.78, 5) is 21.0. The summed E-state index contributed by atoms with van der Waals surface area (Å²) in [7, 11) is 4.94. The third-order valence-corrected chi connectivity index (χ3v) is 4.05. The van der Waals surface area contributed by atoms with Crippen molar-refractivity contribution in [1.29, 1.82) is 0 Å². The Hall–Kier alpha value is -3.20. The van der Waals surface area contributed by atoms with Gasteiger partial charge < -0.3 is 19.4 Å². The predicted molar refractivity (Wildman–Crippen MR) is 98.3 cm³/mol. The number of rotatable bonds is 8. The van der Waals surface area contributed by atoms with Crippen molar-refractivity contribution in [3.05, 3.63) is 48.0 Å². The van der Waals surface area contributed by atoms with Crippen LogP contribution in [0.5, 0.6) is 6.01 Å². The lowest BCUT2D eigenvalue weighted by molar-refractivity contribution is 0.0950. The van der Waals surface area contributed by atoms with Gasteiger partial charge in [-0.25, -0.2) is 9.67 Å². The van der Waals surface area contributed by atoms with Crippen molar-refractivity contribution in [1.82, 2.24) is 29.6 Å². The maximum Gasteiger partial charge on any atom is 0.314 e. The number of nitrogens with one attached hydrogen (secondary N) is 1. The molecule has 1 amide bonds. The zero-order chi connectivity index (χ0) is 19.2. The maximum atomic E-state index is 12.5. The molecular formula is C18H22N6O3. The number of benzene rings is 1. The number of aromatic nitrogens is 5. The summed E-state index contributed by atoms with van der Waals surface area (Å²) in [5.74, 6) is 0.320. The minimum absolute atomic E-state index is 0.181. The molecule has 0 aliphatic rings. The van der Waals surface area contributed by atoms with Gasteiger partial charge in [-0.15, -0.1) is 5.10 Å². The van der Waals surface area contributed by atoms with Gasteiger partial charge in [-0.3, -0.25) is 4.79 Å². The number of amides is 1. The Labute approximate surface area is 157 Å². The van der Waals surface area contributed by atoms with Gasteiger partial charge in [-0.05, 0) is 12.1 Å². The average molecular weight is 370 g/mol. The van der Waals surface area contributed by atoms with E-state index in [1.807, 2.05) is 10.6 Å². The summed E-state index contributed by atoms with van der Waals surface area (Å²) in [6.45, 7) is 1.65. The molecule has 0 saturated heterocycles. The molecule has 0 bridgehead atoms. The molecule has 1 aromatic carbocycles. The first-order valence-corrected chi connectivity index (χ1v) is 8.44. The smallest absolute Gasteiger partial charge is 0.314 e. The van der Waals surface area contributed by atoms with Gasteiger partial charge in [0.15, 0.2) is 5.82 Å². The van der Waals surface area contributed by atoms with Crippen LogP contribution < -0.4 is 10.1 Å². The summed E-state index contributed by atoms with van der Waals surface area (Å²) in [6, 6.07) is 7.57. The fourth-order valence-electron chi connectivity index (χ4n) is 2.63. The number of imidazole rings is 1. The van der Waals surface area contributed by atoms with E-state index in [2.05, 4.69) is 20.4 Å². The van der Waals surface area contributed by atoms with Gasteiger partial charge in [0.25, 0.3) is 5.91 Å². The number of aryl methyl sites for hydroxylation is 1. The minimum atomic E-state index is -0.181. The van der Waals surface area contributed by atoms with Gasteiger partial charge in [0.1, 0.15) is 0 Å². The number of nitrogens with zero attached hydrogens (tertiary/aromatic N) is 5. The third-order valence-electron chi connectivity index (χ3n) is 4.05. The summed E-state index contributed by atoms with van der Waals surface area (Å²) in [5.41, 5.74) is 2.18. The molecule has 3 aromatic rings. The standard InChI is InChI=1S/C18H22N6O3/c1-23-18(27-3)21-16(22-23)13-5-4-6-14(9-13)17(25)20-11-15-10-19-12-24(15)7-8-26-2/h4-6,9-10,12H,7-8,11H2,1-3H3,(H,20,25). The molecular weight excluding hydrogens is 348 g/mol. The second-order valence-electron chi connectivity index (χ2n) is 5.88. The Bertz CT molecular complexity index is 917. The number of carbonyl (C=O) groups is 1. The normalized spacial score (nSPS) is 10.8. The Morgan fingerprint density at radius 1 is 1.30 bits per heavy atom. The van der Waals surface area contributed by atoms with Crippen LogP contribution in [0, 0.1) is 0 Å². The highest BCUT2D eigenvalue weighted by Crippen LogP contribution is 2.19. The van der Waals surface area contributed by atoms with Crippen LogP contribution in [0.4, 0.5) is 0 Å². The molecule has 3 rings (SSSR count). The number of hydrogen-bond acceptors (Lipinski definition) is 6. The molecule has 1 N–H and O–H groups in total. The largest absolute Gasteiger partial charge is 0.467 e. The first-order chi connectivity index (χ1) is 13.1. The lowest BCUT2D eigenvalue weighted by Gasteiger charge is -2.09. The van der Waals surface area contributed by atoms with Crippen molar-refractivity contribution in [3.8, 4) is 17.4 Å². The van der Waals surface area contributed by atoms with E-state index in [9.17, 15) is 4.79 Å². The van der Waals surface area contributed by atoms with Gasteiger partial charge in [-0.1, -0.05) is 12.1 Å². The molecule has 9 nitrogen and oxygen atoms in total. The van der Waals surface area contributed by atoms with Crippen LogP contribution in [-0.4, -0.2) is 51.0 Å². The van der Waals surface area contributed by atoms with Crippen LogP contribution in [0.1, 0.15) is 16.1 Å². The van der Waals surface area contributed by atoms with Crippen molar-refractivity contribution < 1.29 is 14.3 Å². The number of carbonyl (C=O) groups excluding carboxylic acids is 1. The molecule has 2 aromatic heterocycles. The van der Waals surface area contributed by atoms with E-state index in [1.165, 1.54) is 7.11 Å². The Morgan fingerprint density at radius 3 is 2.89 bits per heavy atom. The lowest BCUT2D eigenvalue weighted by Crippen LogP contribution is -2.24. The average Bonchev–Trinajstić information content (AvgIpc) is 3.30. The molecule has 0 spiro atoms. The predicted octanol–water partition coefficient (Wildman–Crippen LogP) is 1.26. The van der Waals surface area contributed by atoms with Gasteiger partial charge in [0.2, 0.25) is 0 Å². The van der Waals surface area contributed by atoms with E-state index in [1.54, 1.807) is 49.6 Å². The van der Waals surface area contributed by atoms with Crippen LogP contribution in [0.15, 0.2) is 36.8 Å². The fourth-order valence-corrected chi connectivity index (χ4v) is 2.63. The Balaban J connectivity index is 1.69. The molecule has 9 heteroatoms. The highest BCUT2D eigenvalue weighted by molar-refractivity contribution is 5.95. The Kier molecular flexibility index (Phi) is 5.82. The molecule has 0 aliphatic heterocycles. The molecule has 0 saturated carbocycles. The summed E-state index contributed by atoms with van der Waals surface area (Å²) < 4.78 is 13.7. The van der Waals surface area contributed by atoms with E-state index in [0.717, 1.165) is 11.3 Å². The van der Waals surface area contributed by atoms with Crippen molar-refractivity contribution in [2.75, 3.05) is 20.8 Å². The van der Waals surface area contributed by atoms with Crippen LogP contribution in [-0.2, 0) is 24.9 Å². The molecule has 2 heterocycles. The summed E-state index contributed by atoms with van der Waals surface area (Å²) in [6.07, 6.45) is 3.46. The van der Waals surface area contributed by atoms with Crippen molar-refractivity contribution in [2.24, 2.45) is 7.05 Å². The highest BCUT2D eigenvalue weighted by atomic mass is 16.5. The molecule has 0 radical (unpaired) electrons. The van der Waals surface area contributed by atoms with Crippen molar-refractivity contribution >= 4 is 5.91 Å². The van der Waals surface area contributed by atoms with E-state index in [-0.39, 0.29) is 5.91 Å². The minimum Gasteiger partial charge on any atom is -0.467 e. The molecule has 27 heavy (non-hydrogen) atoms. The lowest BCUT2D eigenvalue weighted by atomic mass is 10.1.